The first kappa shape index (κ1) is 27.0. The molecule has 196 valence electrons. The first-order valence-corrected chi connectivity index (χ1v) is 12.0. The fraction of sp³-hybridized carbons (Fsp3) is 0.200. The van der Waals surface area contributed by atoms with Crippen LogP contribution in [-0.4, -0.2) is 22.2 Å². The van der Waals surface area contributed by atoms with Gasteiger partial charge in [-0.15, -0.1) is 0 Å². The molecule has 3 N–H and O–H groups in total. The lowest BCUT2D eigenvalue weighted by Gasteiger charge is -2.38. The summed E-state index contributed by atoms with van der Waals surface area (Å²) in [7, 11) is 0. The molecule has 2 unspecified atom stereocenters. The second-order valence-corrected chi connectivity index (χ2v) is 9.19. The number of halogens is 3. The topological polar surface area (TPSA) is 74.2 Å². The molecule has 4 aromatic rings. The summed E-state index contributed by atoms with van der Waals surface area (Å²) in [5.41, 5.74) is 1.16. The number of carbonyl (C=O) groups is 1. The number of hydrogen-bond acceptors (Lipinski definition) is 5. The number of aliphatic hydroxyl groups is 1. The highest BCUT2D eigenvalue weighted by atomic mass is 19.4. The van der Waals surface area contributed by atoms with E-state index < -0.39 is 23.6 Å². The fourth-order valence-electron chi connectivity index (χ4n) is 4.44. The van der Waals surface area contributed by atoms with E-state index in [0.717, 1.165) is 23.3 Å². The normalized spacial score (nSPS) is 13.9. The number of aryl methyl sites for hydroxylation is 1. The Morgan fingerprint density at radius 3 is 2.32 bits per heavy atom. The molecule has 0 aliphatic rings. The van der Waals surface area contributed by atoms with Crippen LogP contribution in [0.15, 0.2) is 97.2 Å². The Kier molecular flexibility index (Phi) is 7.94. The summed E-state index contributed by atoms with van der Waals surface area (Å²) < 4.78 is 41.3. The van der Waals surface area contributed by atoms with Gasteiger partial charge in [0, 0.05) is 23.9 Å². The van der Waals surface area contributed by atoms with Crippen LogP contribution < -0.4 is 10.6 Å². The molecule has 0 spiro atoms. The Labute approximate surface area is 219 Å². The van der Waals surface area contributed by atoms with Gasteiger partial charge in [-0.25, -0.2) is 0 Å². The number of alkyl halides is 3. The number of rotatable bonds is 9. The van der Waals surface area contributed by atoms with Crippen molar-refractivity contribution in [1.82, 2.24) is 10.3 Å². The van der Waals surface area contributed by atoms with Crippen molar-refractivity contribution in [2.24, 2.45) is 0 Å². The molecule has 38 heavy (non-hydrogen) atoms. The molecule has 8 heteroatoms. The summed E-state index contributed by atoms with van der Waals surface area (Å²) in [5.74, 6) is -0.137. The third-order valence-electron chi connectivity index (χ3n) is 6.30. The van der Waals surface area contributed by atoms with E-state index in [-0.39, 0.29) is 17.8 Å². The van der Waals surface area contributed by atoms with Crippen LogP contribution in [0.2, 0.25) is 0 Å². The Hall–Kier alpha value is -4.01. The van der Waals surface area contributed by atoms with E-state index in [1.54, 1.807) is 48.7 Å². The lowest BCUT2D eigenvalue weighted by Crippen LogP contribution is -2.53. The highest BCUT2D eigenvalue weighted by Gasteiger charge is 2.40. The zero-order valence-corrected chi connectivity index (χ0v) is 21.0. The first-order valence-electron chi connectivity index (χ1n) is 12.0. The number of carbonyl (C=O) groups excluding carboxylic acids is 1. The van der Waals surface area contributed by atoms with Gasteiger partial charge in [0.1, 0.15) is 0 Å². The molecule has 0 amide bonds. The number of anilines is 1. The molecule has 3 aromatic carbocycles. The number of benzene rings is 3. The van der Waals surface area contributed by atoms with Crippen LogP contribution >= 0.6 is 0 Å². The molecule has 0 aliphatic carbocycles. The molecule has 0 fully saturated rings. The number of nitrogens with one attached hydrogen (secondary N) is 2. The molecule has 0 saturated heterocycles. The smallest absolute Gasteiger partial charge is 0.361 e. The first-order chi connectivity index (χ1) is 18.1. The van der Waals surface area contributed by atoms with E-state index >= 15 is 0 Å². The zero-order chi connectivity index (χ0) is 27.3. The van der Waals surface area contributed by atoms with Crippen molar-refractivity contribution >= 4 is 11.5 Å². The molecule has 1 heterocycles. The molecular formula is C30H28F3N3O2. The highest BCUT2D eigenvalue weighted by molar-refractivity contribution is 5.94. The van der Waals surface area contributed by atoms with Gasteiger partial charge in [-0.3, -0.25) is 15.1 Å². The molecule has 0 bridgehead atoms. The number of aromatic nitrogens is 1. The Morgan fingerprint density at radius 1 is 0.921 bits per heavy atom. The molecule has 0 radical (unpaired) electrons. The maximum Gasteiger partial charge on any atom is 0.416 e. The fourth-order valence-corrected chi connectivity index (χ4v) is 4.44. The Morgan fingerprint density at radius 2 is 1.63 bits per heavy atom. The molecule has 0 saturated carbocycles. The highest BCUT2D eigenvalue weighted by Crippen LogP contribution is 2.37. The summed E-state index contributed by atoms with van der Waals surface area (Å²) in [6, 6.07) is 24.5. The van der Waals surface area contributed by atoms with Gasteiger partial charge in [0.25, 0.3) is 0 Å². The van der Waals surface area contributed by atoms with Crippen molar-refractivity contribution in [2.75, 3.05) is 5.32 Å². The minimum absolute atomic E-state index is 0.137. The van der Waals surface area contributed by atoms with Gasteiger partial charge in [0.15, 0.2) is 12.1 Å². The summed E-state index contributed by atoms with van der Waals surface area (Å²) in [5, 5.41) is 17.3. The van der Waals surface area contributed by atoms with E-state index in [1.807, 2.05) is 37.3 Å². The Bertz CT molecular complexity index is 1410. The lowest BCUT2D eigenvalue weighted by molar-refractivity contribution is -0.137. The third-order valence-corrected chi connectivity index (χ3v) is 6.30. The summed E-state index contributed by atoms with van der Waals surface area (Å²) in [6.45, 7) is 3.31. The number of pyridine rings is 1. The predicted molar refractivity (Wildman–Crippen MR) is 141 cm³/mol. The van der Waals surface area contributed by atoms with Crippen molar-refractivity contribution in [3.05, 3.63) is 131 Å². The van der Waals surface area contributed by atoms with Crippen LogP contribution in [0.4, 0.5) is 18.9 Å². The van der Waals surface area contributed by atoms with Gasteiger partial charge in [0.2, 0.25) is 0 Å². The number of ketones is 1. The molecule has 4 rings (SSSR count). The van der Waals surface area contributed by atoms with Crippen LogP contribution in [0.5, 0.6) is 0 Å². The van der Waals surface area contributed by atoms with Crippen LogP contribution in [0.25, 0.3) is 0 Å². The molecular weight excluding hydrogens is 491 g/mol. The summed E-state index contributed by atoms with van der Waals surface area (Å²) >= 11 is 0. The molecule has 5 nitrogen and oxygen atoms in total. The molecule has 0 aliphatic heterocycles. The van der Waals surface area contributed by atoms with Gasteiger partial charge in [-0.2, -0.15) is 13.2 Å². The van der Waals surface area contributed by atoms with Gasteiger partial charge in [-0.1, -0.05) is 54.6 Å². The lowest BCUT2D eigenvalue weighted by atomic mass is 9.79. The number of hydrogen-bond donors (Lipinski definition) is 3. The van der Waals surface area contributed by atoms with Crippen molar-refractivity contribution in [2.45, 2.75) is 38.3 Å². The maximum atomic E-state index is 13.8. The van der Waals surface area contributed by atoms with Crippen molar-refractivity contribution in [3.8, 4) is 0 Å². The average Bonchev–Trinajstić information content (AvgIpc) is 2.88. The number of aliphatic hydroxyl groups excluding tert-OH is 1. The molecule has 1 aromatic heterocycles. The van der Waals surface area contributed by atoms with E-state index in [1.165, 1.54) is 13.0 Å². The van der Waals surface area contributed by atoms with Crippen LogP contribution in [0, 0.1) is 6.92 Å². The van der Waals surface area contributed by atoms with Gasteiger partial charge < -0.3 is 10.4 Å². The van der Waals surface area contributed by atoms with E-state index in [4.69, 9.17) is 0 Å². The minimum atomic E-state index is -4.56. The summed E-state index contributed by atoms with van der Waals surface area (Å²) in [6.07, 6.45) is -4.19. The monoisotopic (exact) mass is 519 g/mol. The number of nitrogens with zero attached hydrogens (tertiary/aromatic N) is 1. The third kappa shape index (κ3) is 6.27. The summed E-state index contributed by atoms with van der Waals surface area (Å²) in [4.78, 5) is 16.4. The quantitative estimate of drug-likeness (QED) is 0.185. The van der Waals surface area contributed by atoms with Crippen LogP contribution in [0.3, 0.4) is 0 Å². The maximum absolute atomic E-state index is 13.8. The van der Waals surface area contributed by atoms with Crippen molar-refractivity contribution in [1.29, 1.82) is 0 Å². The minimum Gasteiger partial charge on any atom is -0.361 e. The van der Waals surface area contributed by atoms with Gasteiger partial charge >= 0.3 is 6.18 Å². The predicted octanol–water partition coefficient (Wildman–Crippen LogP) is 6.08. The average molecular weight is 520 g/mol. The second kappa shape index (κ2) is 11.2. The van der Waals surface area contributed by atoms with Crippen LogP contribution in [0.1, 0.15) is 45.2 Å². The van der Waals surface area contributed by atoms with E-state index in [0.29, 0.717) is 16.9 Å². The van der Waals surface area contributed by atoms with E-state index in [9.17, 15) is 23.1 Å². The van der Waals surface area contributed by atoms with Crippen molar-refractivity contribution in [3.63, 3.8) is 0 Å². The standard InChI is InChI=1S/C30H28F3N3O2/c1-20-14-15-34-27(16-20)29(19-22-8-4-3-5-9-22,24-11-7-12-25(18-24)30(31,32)33)36-28(38)35-26-13-6-10-23(17-26)21(2)37/h3-18,28,35-36,38H,19H2,1-2H3. The van der Waals surface area contributed by atoms with Crippen molar-refractivity contribution < 1.29 is 23.1 Å². The van der Waals surface area contributed by atoms with Gasteiger partial charge in [-0.05, 0) is 66.9 Å². The second-order valence-electron chi connectivity index (χ2n) is 9.19. The number of Topliss-reactive ketones (excluding diaryl/α,β-unsaturated/α-hetero) is 1. The van der Waals surface area contributed by atoms with E-state index in [2.05, 4.69) is 15.6 Å². The Balaban J connectivity index is 1.85. The SMILES string of the molecule is CC(=O)c1cccc(NC(O)NC(Cc2ccccc2)(c2cccc(C(F)(F)F)c2)c2cc(C)ccn2)c1. The largest absolute Gasteiger partial charge is 0.416 e. The zero-order valence-electron chi connectivity index (χ0n) is 21.0. The van der Waals surface area contributed by atoms with Gasteiger partial charge in [0.05, 0.1) is 16.8 Å². The molecule has 2 atom stereocenters. The van der Waals surface area contributed by atoms with Crippen LogP contribution in [-0.2, 0) is 18.1 Å².